The Labute approximate surface area is 99.2 Å². The molecule has 0 radical (unpaired) electrons. The minimum absolute atomic E-state index is 0.378. The SMILES string of the molecule is ON=Cc1cncn1C1Cc2ccccc2C1. The van der Waals surface area contributed by atoms with E-state index >= 15 is 0 Å². The molecule has 1 aromatic heterocycles. The van der Waals surface area contributed by atoms with Gasteiger partial charge >= 0.3 is 0 Å². The molecule has 0 spiro atoms. The summed E-state index contributed by atoms with van der Waals surface area (Å²) >= 11 is 0. The number of nitrogens with zero attached hydrogens (tertiary/aromatic N) is 3. The second-order valence-corrected chi connectivity index (χ2v) is 4.30. The van der Waals surface area contributed by atoms with Crippen molar-refractivity contribution in [2.24, 2.45) is 5.16 Å². The van der Waals surface area contributed by atoms with E-state index in [-0.39, 0.29) is 0 Å². The van der Waals surface area contributed by atoms with E-state index in [0.29, 0.717) is 6.04 Å². The van der Waals surface area contributed by atoms with E-state index in [0.717, 1.165) is 18.5 Å². The molecule has 1 aromatic carbocycles. The van der Waals surface area contributed by atoms with Gasteiger partial charge in [0.1, 0.15) is 0 Å². The molecule has 0 aliphatic heterocycles. The van der Waals surface area contributed by atoms with Crippen molar-refractivity contribution in [3.8, 4) is 0 Å². The van der Waals surface area contributed by atoms with Crippen molar-refractivity contribution in [3.63, 3.8) is 0 Å². The predicted octanol–water partition coefficient (Wildman–Crippen LogP) is 2.03. The van der Waals surface area contributed by atoms with Gasteiger partial charge in [0.2, 0.25) is 0 Å². The van der Waals surface area contributed by atoms with Gasteiger partial charge in [0.25, 0.3) is 0 Å². The summed E-state index contributed by atoms with van der Waals surface area (Å²) < 4.78 is 2.07. The molecule has 3 rings (SSSR count). The number of oxime groups is 1. The fraction of sp³-hybridized carbons (Fsp3) is 0.231. The topological polar surface area (TPSA) is 50.4 Å². The van der Waals surface area contributed by atoms with E-state index in [2.05, 4.69) is 39.0 Å². The van der Waals surface area contributed by atoms with Crippen LogP contribution in [0.25, 0.3) is 0 Å². The van der Waals surface area contributed by atoms with Crippen LogP contribution in [-0.2, 0) is 12.8 Å². The Bertz CT molecular complexity index is 534. The fourth-order valence-corrected chi connectivity index (χ4v) is 2.51. The molecule has 17 heavy (non-hydrogen) atoms. The average molecular weight is 227 g/mol. The lowest BCUT2D eigenvalue weighted by atomic mass is 10.1. The summed E-state index contributed by atoms with van der Waals surface area (Å²) in [6.07, 6.45) is 6.96. The molecule has 1 aliphatic carbocycles. The third kappa shape index (κ3) is 1.71. The van der Waals surface area contributed by atoms with Gasteiger partial charge in [0.05, 0.1) is 24.4 Å². The third-order valence-corrected chi connectivity index (χ3v) is 3.31. The Kier molecular flexibility index (Phi) is 2.40. The molecule has 1 heterocycles. The number of hydrogen-bond donors (Lipinski definition) is 1. The lowest BCUT2D eigenvalue weighted by Gasteiger charge is -2.12. The van der Waals surface area contributed by atoms with Gasteiger partial charge in [-0.05, 0) is 24.0 Å². The van der Waals surface area contributed by atoms with E-state index in [4.69, 9.17) is 5.21 Å². The Morgan fingerprint density at radius 1 is 1.29 bits per heavy atom. The highest BCUT2D eigenvalue weighted by Gasteiger charge is 2.23. The Morgan fingerprint density at radius 3 is 2.65 bits per heavy atom. The summed E-state index contributed by atoms with van der Waals surface area (Å²) in [5, 5.41) is 11.7. The fourth-order valence-electron chi connectivity index (χ4n) is 2.51. The maximum absolute atomic E-state index is 8.61. The smallest absolute Gasteiger partial charge is 0.0954 e. The zero-order valence-electron chi connectivity index (χ0n) is 9.32. The van der Waals surface area contributed by atoms with E-state index in [9.17, 15) is 0 Å². The van der Waals surface area contributed by atoms with Crippen molar-refractivity contribution in [1.82, 2.24) is 9.55 Å². The first-order chi connectivity index (χ1) is 8.38. The van der Waals surface area contributed by atoms with Gasteiger partial charge < -0.3 is 9.77 Å². The van der Waals surface area contributed by atoms with Crippen molar-refractivity contribution in [2.45, 2.75) is 18.9 Å². The number of imidazole rings is 1. The van der Waals surface area contributed by atoms with Gasteiger partial charge in [-0.15, -0.1) is 0 Å². The van der Waals surface area contributed by atoms with Crippen molar-refractivity contribution < 1.29 is 5.21 Å². The minimum atomic E-state index is 0.378. The zero-order valence-corrected chi connectivity index (χ0v) is 9.32. The van der Waals surface area contributed by atoms with Crippen LogP contribution in [-0.4, -0.2) is 21.0 Å². The zero-order chi connectivity index (χ0) is 11.7. The van der Waals surface area contributed by atoms with Crippen molar-refractivity contribution in [2.75, 3.05) is 0 Å². The molecule has 4 heteroatoms. The van der Waals surface area contributed by atoms with Crippen molar-refractivity contribution in [3.05, 3.63) is 53.6 Å². The largest absolute Gasteiger partial charge is 0.411 e. The second-order valence-electron chi connectivity index (χ2n) is 4.30. The van der Waals surface area contributed by atoms with E-state index in [1.807, 2.05) is 0 Å². The minimum Gasteiger partial charge on any atom is -0.411 e. The Balaban J connectivity index is 1.91. The standard InChI is InChI=1S/C13H13N3O/c17-15-8-13-7-14-9-16(13)12-5-10-3-1-2-4-11(10)6-12/h1-4,7-9,12,17H,5-6H2. The van der Waals surface area contributed by atoms with Crippen LogP contribution >= 0.6 is 0 Å². The molecule has 0 unspecified atom stereocenters. The maximum atomic E-state index is 8.61. The number of benzene rings is 1. The number of rotatable bonds is 2. The van der Waals surface area contributed by atoms with Crippen molar-refractivity contribution >= 4 is 6.21 Å². The summed E-state index contributed by atoms with van der Waals surface area (Å²) in [6, 6.07) is 8.87. The lowest BCUT2D eigenvalue weighted by Crippen LogP contribution is -2.10. The van der Waals surface area contributed by atoms with Gasteiger partial charge in [-0.3, -0.25) is 0 Å². The monoisotopic (exact) mass is 227 g/mol. The van der Waals surface area contributed by atoms with Crippen LogP contribution in [0.5, 0.6) is 0 Å². The lowest BCUT2D eigenvalue weighted by molar-refractivity contribution is 0.321. The summed E-state index contributed by atoms with van der Waals surface area (Å²) in [5.74, 6) is 0. The average Bonchev–Trinajstić information content (AvgIpc) is 2.94. The molecule has 0 fully saturated rings. The Hall–Kier alpha value is -2.10. The van der Waals surface area contributed by atoms with Crippen molar-refractivity contribution in [1.29, 1.82) is 0 Å². The van der Waals surface area contributed by atoms with Crippen LogP contribution in [0.3, 0.4) is 0 Å². The molecule has 2 aromatic rings. The van der Waals surface area contributed by atoms with Crippen LogP contribution in [0.15, 0.2) is 41.9 Å². The van der Waals surface area contributed by atoms with E-state index < -0.39 is 0 Å². The summed E-state index contributed by atoms with van der Waals surface area (Å²) in [5.41, 5.74) is 3.64. The first-order valence-electron chi connectivity index (χ1n) is 5.64. The molecule has 0 saturated carbocycles. The van der Waals surface area contributed by atoms with Gasteiger partial charge in [-0.2, -0.15) is 0 Å². The van der Waals surface area contributed by atoms with Crippen LogP contribution in [0.1, 0.15) is 22.9 Å². The second kappa shape index (κ2) is 4.05. The summed E-state index contributed by atoms with van der Waals surface area (Å²) in [4.78, 5) is 4.11. The van der Waals surface area contributed by atoms with Crippen LogP contribution in [0.2, 0.25) is 0 Å². The number of hydrogen-bond acceptors (Lipinski definition) is 3. The molecule has 0 bridgehead atoms. The van der Waals surface area contributed by atoms with Crippen LogP contribution in [0.4, 0.5) is 0 Å². The highest BCUT2D eigenvalue weighted by molar-refractivity contribution is 5.76. The molecular formula is C13H13N3O. The first kappa shape index (κ1) is 10.1. The maximum Gasteiger partial charge on any atom is 0.0954 e. The molecule has 0 amide bonds. The highest BCUT2D eigenvalue weighted by Crippen LogP contribution is 2.30. The van der Waals surface area contributed by atoms with Crippen LogP contribution in [0, 0.1) is 0 Å². The molecular weight excluding hydrogens is 214 g/mol. The van der Waals surface area contributed by atoms with E-state index in [1.54, 1.807) is 12.5 Å². The van der Waals surface area contributed by atoms with Gasteiger partial charge in [-0.25, -0.2) is 4.98 Å². The summed E-state index contributed by atoms with van der Waals surface area (Å²) in [6.45, 7) is 0. The van der Waals surface area contributed by atoms with E-state index in [1.165, 1.54) is 17.3 Å². The molecule has 1 aliphatic rings. The Morgan fingerprint density at radius 2 is 2.00 bits per heavy atom. The third-order valence-electron chi connectivity index (χ3n) is 3.31. The molecule has 4 nitrogen and oxygen atoms in total. The normalized spacial score (nSPS) is 15.5. The van der Waals surface area contributed by atoms with Gasteiger partial charge in [0, 0.05) is 6.04 Å². The quantitative estimate of drug-likeness (QED) is 0.485. The van der Waals surface area contributed by atoms with Gasteiger partial charge in [-0.1, -0.05) is 29.4 Å². The molecule has 1 N–H and O–H groups in total. The number of aromatic nitrogens is 2. The first-order valence-corrected chi connectivity index (χ1v) is 5.64. The highest BCUT2D eigenvalue weighted by atomic mass is 16.4. The molecule has 86 valence electrons. The van der Waals surface area contributed by atoms with Gasteiger partial charge in [0.15, 0.2) is 0 Å². The summed E-state index contributed by atoms with van der Waals surface area (Å²) in [7, 11) is 0. The van der Waals surface area contributed by atoms with Crippen LogP contribution < -0.4 is 0 Å². The molecule has 0 atom stereocenters. The number of fused-ring (bicyclic) bond motifs is 1. The predicted molar refractivity (Wildman–Crippen MR) is 64.5 cm³/mol. The molecule has 0 saturated heterocycles.